The molecule has 1 N–H and O–H groups in total. The van der Waals surface area contributed by atoms with E-state index in [4.69, 9.17) is 4.74 Å². The third-order valence-corrected chi connectivity index (χ3v) is 12.7. The minimum Gasteiger partial charge on any atom is -0.452 e. The third-order valence-electron chi connectivity index (χ3n) is 7.77. The summed E-state index contributed by atoms with van der Waals surface area (Å²) >= 11 is 0. The Morgan fingerprint density at radius 3 is 1.28 bits per heavy atom. The molecular weight excluding hydrogens is 602 g/mol. The molecule has 4 nitrogen and oxygen atoms in total. The Morgan fingerprint density at radius 2 is 0.935 bits per heavy atom. The molecule has 6 aromatic carbocycles. The highest BCUT2D eigenvalue weighted by Gasteiger charge is 2.36. The van der Waals surface area contributed by atoms with Crippen molar-refractivity contribution >= 4 is 65.1 Å². The lowest BCUT2D eigenvalue weighted by Crippen LogP contribution is -2.40. The highest BCUT2D eigenvalue weighted by atomic mass is 31.1. The molecule has 1 heterocycles. The van der Waals surface area contributed by atoms with Gasteiger partial charge in [0.1, 0.15) is 0 Å². The van der Waals surface area contributed by atoms with E-state index >= 15 is 0 Å². The minimum absolute atomic E-state index is 0.229. The van der Waals surface area contributed by atoms with E-state index in [9.17, 15) is 4.79 Å². The van der Waals surface area contributed by atoms with Crippen LogP contribution in [0.4, 0.5) is 16.2 Å². The fourth-order valence-corrected chi connectivity index (χ4v) is 10.6. The quantitative estimate of drug-likeness (QED) is 0.141. The topological polar surface area (TPSA) is 41.6 Å². The second-order valence-electron chi connectivity index (χ2n) is 10.7. The van der Waals surface area contributed by atoms with Crippen LogP contribution in [0.3, 0.4) is 0 Å². The number of benzene rings is 6. The predicted octanol–water partition coefficient (Wildman–Crippen LogP) is 7.34. The van der Waals surface area contributed by atoms with E-state index in [1.807, 2.05) is 48.5 Å². The number of rotatable bonds is 8. The minimum atomic E-state index is -1.01. The summed E-state index contributed by atoms with van der Waals surface area (Å²) in [5.41, 5.74) is 1.43. The second-order valence-corrected chi connectivity index (χ2v) is 15.0. The highest BCUT2D eigenvalue weighted by Crippen LogP contribution is 2.51. The number of carbonyl (C=O) groups excluding carboxylic acids is 1. The number of nitrogens with zero attached hydrogens (tertiary/aromatic N) is 1. The maximum absolute atomic E-state index is 14.0. The Kier molecular flexibility index (Phi) is 8.74. The molecule has 1 aliphatic rings. The molecule has 7 rings (SSSR count). The van der Waals surface area contributed by atoms with Gasteiger partial charge in [0, 0.05) is 17.2 Å². The zero-order chi connectivity index (χ0) is 31.3. The lowest BCUT2D eigenvalue weighted by molar-refractivity contribution is 0.249. The summed E-state index contributed by atoms with van der Waals surface area (Å²) < 4.78 is 7.16. The van der Waals surface area contributed by atoms with Crippen LogP contribution in [0.1, 0.15) is 0 Å². The molecule has 0 saturated carbocycles. The zero-order valence-electron chi connectivity index (χ0n) is 25.2. The van der Waals surface area contributed by atoms with Crippen LogP contribution in [-0.2, 0) is 0 Å². The summed E-state index contributed by atoms with van der Waals surface area (Å²) in [6.07, 6.45) is 1.70. The molecule has 6 heteroatoms. The summed E-state index contributed by atoms with van der Waals surface area (Å²) in [5.74, 6) is 1.40. The van der Waals surface area contributed by atoms with Crippen LogP contribution < -0.4 is 46.8 Å². The first-order chi connectivity index (χ1) is 22.7. The van der Waals surface area contributed by atoms with Gasteiger partial charge in [-0.15, -0.1) is 6.58 Å². The molecular formula is C40H32N2O2P2. The highest BCUT2D eigenvalue weighted by molar-refractivity contribution is 7.80. The average Bonchev–Trinajstić information content (AvgIpc) is 3.12. The lowest BCUT2D eigenvalue weighted by Gasteiger charge is -2.35. The Labute approximate surface area is 272 Å². The van der Waals surface area contributed by atoms with Crippen molar-refractivity contribution in [2.24, 2.45) is 0 Å². The fourth-order valence-electron chi connectivity index (χ4n) is 5.79. The molecule has 2 amide bonds. The Morgan fingerprint density at radius 1 is 0.565 bits per heavy atom. The van der Waals surface area contributed by atoms with E-state index in [2.05, 4.69) is 121 Å². The number of anilines is 2. The van der Waals surface area contributed by atoms with E-state index < -0.39 is 15.8 Å². The largest absolute Gasteiger partial charge is 0.452 e. The van der Waals surface area contributed by atoms with Crippen LogP contribution in [0.15, 0.2) is 170 Å². The van der Waals surface area contributed by atoms with E-state index in [1.165, 1.54) is 21.2 Å². The summed E-state index contributed by atoms with van der Waals surface area (Å²) in [7, 11) is -2.01. The third kappa shape index (κ3) is 5.74. The number of hydrogen-bond donors (Lipinski definition) is 1. The number of carbonyl (C=O) groups is 1. The monoisotopic (exact) mass is 634 g/mol. The molecule has 0 radical (unpaired) electrons. The predicted molar refractivity (Wildman–Crippen MR) is 196 cm³/mol. The van der Waals surface area contributed by atoms with Gasteiger partial charge < -0.3 is 10.1 Å². The van der Waals surface area contributed by atoms with Gasteiger partial charge >= 0.3 is 6.03 Å². The standard InChI is InChI=1S/C40H32N2O2P2/c1-2-29-41-40(43)42-34-25-15-27-36(45(30-17-7-3-8-18-30)31-19-9-4-10-20-31)38(34)44-39-35(42)26-16-28-37(39)46(32-21-11-5-12-22-32)33-23-13-6-14-24-33/h2-28H,1,29H2,(H,41,43). The average molecular weight is 635 g/mol. The summed E-state index contributed by atoms with van der Waals surface area (Å²) in [4.78, 5) is 15.8. The van der Waals surface area contributed by atoms with Crippen molar-refractivity contribution in [1.29, 1.82) is 0 Å². The van der Waals surface area contributed by atoms with Crippen molar-refractivity contribution in [2.45, 2.75) is 0 Å². The number of fused-ring (bicyclic) bond motifs is 2. The Bertz CT molecular complexity index is 1760. The van der Waals surface area contributed by atoms with Crippen LogP contribution in [0.5, 0.6) is 11.5 Å². The number of para-hydroxylation sites is 2. The second kappa shape index (κ2) is 13.5. The molecule has 1 aliphatic heterocycles. The molecule has 224 valence electrons. The summed E-state index contributed by atoms with van der Waals surface area (Å²) in [6.45, 7) is 4.17. The van der Waals surface area contributed by atoms with Crippen LogP contribution in [0.2, 0.25) is 0 Å². The molecule has 0 saturated heterocycles. The molecule has 0 bridgehead atoms. The van der Waals surface area contributed by atoms with E-state index in [0.29, 0.717) is 29.4 Å². The van der Waals surface area contributed by atoms with Crippen molar-refractivity contribution in [3.63, 3.8) is 0 Å². The Hall–Kier alpha value is -5.01. The molecule has 0 aliphatic carbocycles. The van der Waals surface area contributed by atoms with Gasteiger partial charge in [0.25, 0.3) is 0 Å². The van der Waals surface area contributed by atoms with Crippen molar-refractivity contribution in [3.8, 4) is 11.5 Å². The van der Waals surface area contributed by atoms with Crippen LogP contribution in [0, 0.1) is 0 Å². The molecule has 0 fully saturated rings. The van der Waals surface area contributed by atoms with Gasteiger partial charge in [-0.1, -0.05) is 140 Å². The maximum atomic E-state index is 14.0. The van der Waals surface area contributed by atoms with Crippen molar-refractivity contribution in [1.82, 2.24) is 5.32 Å². The Balaban J connectivity index is 1.47. The zero-order valence-corrected chi connectivity index (χ0v) is 26.9. The van der Waals surface area contributed by atoms with Crippen LogP contribution in [-0.4, -0.2) is 12.6 Å². The number of ether oxygens (including phenoxy) is 1. The van der Waals surface area contributed by atoms with Crippen molar-refractivity contribution in [2.75, 3.05) is 11.4 Å². The molecule has 0 spiro atoms. The number of hydrogen-bond acceptors (Lipinski definition) is 2. The van der Waals surface area contributed by atoms with E-state index in [-0.39, 0.29) is 6.03 Å². The molecule has 46 heavy (non-hydrogen) atoms. The van der Waals surface area contributed by atoms with Gasteiger partial charge in [-0.05, 0) is 61.3 Å². The fraction of sp³-hybridized carbons (Fsp3) is 0.0250. The number of nitrogens with one attached hydrogen (secondary N) is 1. The first kappa shape index (κ1) is 29.7. The molecule has 0 atom stereocenters. The van der Waals surface area contributed by atoms with Crippen molar-refractivity contribution < 1.29 is 9.53 Å². The van der Waals surface area contributed by atoms with E-state index in [0.717, 1.165) is 10.6 Å². The molecule has 6 aromatic rings. The lowest BCUT2D eigenvalue weighted by atomic mass is 10.1. The normalized spacial score (nSPS) is 11.8. The first-order valence-corrected chi connectivity index (χ1v) is 17.9. The van der Waals surface area contributed by atoms with Gasteiger partial charge in [0.2, 0.25) is 0 Å². The maximum Gasteiger partial charge on any atom is 0.327 e. The van der Waals surface area contributed by atoms with Crippen LogP contribution >= 0.6 is 15.8 Å². The van der Waals surface area contributed by atoms with Gasteiger partial charge in [0.15, 0.2) is 11.5 Å². The SMILES string of the molecule is C=CCNC(=O)N1c2cccc(P(c3ccccc3)c3ccccc3)c2Oc2c1cccc2P(c1ccccc1)c1ccccc1. The summed E-state index contributed by atoms with van der Waals surface area (Å²) in [5, 5.41) is 9.96. The van der Waals surface area contributed by atoms with Crippen LogP contribution in [0.25, 0.3) is 0 Å². The van der Waals surface area contributed by atoms with Gasteiger partial charge in [0.05, 0.1) is 11.4 Å². The molecule has 0 aromatic heterocycles. The van der Waals surface area contributed by atoms with Gasteiger partial charge in [-0.25, -0.2) is 4.79 Å². The van der Waals surface area contributed by atoms with E-state index in [1.54, 1.807) is 11.0 Å². The number of amides is 2. The van der Waals surface area contributed by atoms with Crippen molar-refractivity contribution in [3.05, 3.63) is 170 Å². The molecule has 0 unspecified atom stereocenters. The number of urea groups is 1. The first-order valence-electron chi connectivity index (χ1n) is 15.2. The smallest absolute Gasteiger partial charge is 0.327 e. The van der Waals surface area contributed by atoms with Gasteiger partial charge in [-0.3, -0.25) is 4.90 Å². The summed E-state index contributed by atoms with van der Waals surface area (Å²) in [6, 6.07) is 54.3. The van der Waals surface area contributed by atoms with Gasteiger partial charge in [-0.2, -0.15) is 0 Å².